The van der Waals surface area contributed by atoms with E-state index in [1.165, 1.54) is 30.3 Å². The molecule has 3 N–H and O–H groups in total. The highest BCUT2D eigenvalue weighted by Gasteiger charge is 2.63. The second-order valence-electron chi connectivity index (χ2n) is 8.62. The first-order valence-corrected chi connectivity index (χ1v) is 10.8. The minimum atomic E-state index is -1.80. The number of rotatable bonds is 6. The second kappa shape index (κ2) is 8.27. The van der Waals surface area contributed by atoms with E-state index in [0.29, 0.717) is 12.8 Å². The van der Waals surface area contributed by atoms with Gasteiger partial charge in [0.25, 0.3) is 0 Å². The molecular formula is C23H20Cl2F2N2O3. The lowest BCUT2D eigenvalue weighted by Crippen LogP contribution is -2.44. The van der Waals surface area contributed by atoms with Crippen molar-refractivity contribution >= 4 is 29.2 Å². The number of nitriles is 1. The number of nitrogens with zero attached hydrogens (tertiary/aromatic N) is 1. The summed E-state index contributed by atoms with van der Waals surface area (Å²) in [5, 5.41) is 33.2. The summed E-state index contributed by atoms with van der Waals surface area (Å²) in [5.74, 6) is -4.25. The van der Waals surface area contributed by atoms with E-state index < -0.39 is 46.4 Å². The molecule has 0 amide bonds. The molecule has 4 rings (SSSR count). The molecule has 1 saturated carbocycles. The van der Waals surface area contributed by atoms with Crippen LogP contribution in [0.15, 0.2) is 36.4 Å². The van der Waals surface area contributed by atoms with Crippen molar-refractivity contribution in [1.82, 2.24) is 5.32 Å². The van der Waals surface area contributed by atoms with E-state index in [4.69, 9.17) is 23.2 Å². The summed E-state index contributed by atoms with van der Waals surface area (Å²) >= 11 is 11.9. The molecule has 0 aromatic heterocycles. The number of carboxylic acids is 1. The Bertz CT molecular complexity index is 1120. The highest BCUT2D eigenvalue weighted by atomic mass is 35.5. The summed E-state index contributed by atoms with van der Waals surface area (Å²) in [4.78, 5) is 12.3. The molecule has 168 valence electrons. The number of benzene rings is 2. The van der Waals surface area contributed by atoms with Crippen molar-refractivity contribution in [3.05, 3.63) is 69.2 Å². The van der Waals surface area contributed by atoms with Crippen molar-refractivity contribution in [3.8, 4) is 6.07 Å². The van der Waals surface area contributed by atoms with Crippen LogP contribution in [0, 0.1) is 28.4 Å². The quantitative estimate of drug-likeness (QED) is 0.569. The molecule has 1 saturated heterocycles. The van der Waals surface area contributed by atoms with Crippen LogP contribution in [-0.2, 0) is 10.2 Å². The summed E-state index contributed by atoms with van der Waals surface area (Å²) in [6.45, 7) is -0.149. The second-order valence-corrected chi connectivity index (χ2v) is 9.47. The van der Waals surface area contributed by atoms with Crippen LogP contribution in [0.1, 0.15) is 36.3 Å². The third-order valence-corrected chi connectivity index (χ3v) is 7.36. The zero-order valence-corrected chi connectivity index (χ0v) is 18.3. The number of aliphatic carboxylic acids is 1. The molecule has 0 radical (unpaired) electrons. The van der Waals surface area contributed by atoms with E-state index >= 15 is 8.78 Å². The Kier molecular flexibility index (Phi) is 5.93. The lowest BCUT2D eigenvalue weighted by atomic mass is 9.63. The number of hydrogen-bond acceptors (Lipinski definition) is 4. The minimum absolute atomic E-state index is 0.0798. The van der Waals surface area contributed by atoms with Gasteiger partial charge in [0.05, 0.1) is 11.1 Å². The molecule has 2 fully saturated rings. The van der Waals surface area contributed by atoms with Crippen LogP contribution in [0.4, 0.5) is 8.78 Å². The molecule has 2 aliphatic rings. The number of aliphatic hydroxyl groups is 1. The van der Waals surface area contributed by atoms with Crippen LogP contribution in [0.5, 0.6) is 0 Å². The van der Waals surface area contributed by atoms with Crippen molar-refractivity contribution in [2.45, 2.75) is 42.7 Å². The van der Waals surface area contributed by atoms with Gasteiger partial charge in [-0.3, -0.25) is 10.1 Å². The standard InChI is InChI=1S/C23H20Cl2F2N2O3/c24-12-4-5-14(16(26)8-12)23(10-28)17(9-22(11-30)6-7-22)29-20(21(31)32)18(23)13-2-1-3-15(25)19(13)27/h1-5,8,17-18,20,29-30H,6-7,9,11H2,(H,31,32)/t17-,18-,20+,23-/m1/s1. The van der Waals surface area contributed by atoms with Gasteiger partial charge in [0, 0.05) is 29.2 Å². The molecule has 5 nitrogen and oxygen atoms in total. The SMILES string of the molecule is N#C[C@]1(c2ccc(Cl)cc2F)[C@H](c2cccc(Cl)c2F)[C@@H](C(=O)O)N[C@@H]1CC1(CO)CC1. The summed E-state index contributed by atoms with van der Waals surface area (Å²) in [5.41, 5.74) is -2.46. The fourth-order valence-electron chi connectivity index (χ4n) is 4.97. The number of carboxylic acid groups (broad SMARTS) is 1. The number of halogens is 4. The Morgan fingerprint density at radius 2 is 1.97 bits per heavy atom. The first-order valence-electron chi connectivity index (χ1n) is 10.1. The van der Waals surface area contributed by atoms with Crippen LogP contribution in [-0.4, -0.2) is 34.9 Å². The average molecular weight is 481 g/mol. The molecular weight excluding hydrogens is 461 g/mol. The molecule has 1 heterocycles. The third kappa shape index (κ3) is 3.56. The number of nitrogens with one attached hydrogen (secondary N) is 1. The maximum atomic E-state index is 15.3. The first-order chi connectivity index (χ1) is 15.2. The molecule has 2 aromatic carbocycles. The Hall–Kier alpha value is -2.24. The molecule has 32 heavy (non-hydrogen) atoms. The van der Waals surface area contributed by atoms with Crippen molar-refractivity contribution in [3.63, 3.8) is 0 Å². The molecule has 1 aliphatic carbocycles. The molecule has 9 heteroatoms. The third-order valence-electron chi connectivity index (χ3n) is 6.83. The smallest absolute Gasteiger partial charge is 0.321 e. The minimum Gasteiger partial charge on any atom is -0.480 e. The summed E-state index contributed by atoms with van der Waals surface area (Å²) in [6, 6.07) is 7.84. The Morgan fingerprint density at radius 3 is 2.53 bits per heavy atom. The zero-order valence-electron chi connectivity index (χ0n) is 16.8. The predicted molar refractivity (Wildman–Crippen MR) is 115 cm³/mol. The molecule has 2 aromatic rings. The van der Waals surface area contributed by atoms with Gasteiger partial charge in [0.15, 0.2) is 0 Å². The largest absolute Gasteiger partial charge is 0.480 e. The van der Waals surface area contributed by atoms with Gasteiger partial charge in [-0.15, -0.1) is 0 Å². The Balaban J connectivity index is 1.99. The Morgan fingerprint density at radius 1 is 1.25 bits per heavy atom. The topological polar surface area (TPSA) is 93.4 Å². The number of hydrogen-bond donors (Lipinski definition) is 3. The van der Waals surface area contributed by atoms with Gasteiger partial charge >= 0.3 is 5.97 Å². The van der Waals surface area contributed by atoms with E-state index in [9.17, 15) is 20.3 Å². The van der Waals surface area contributed by atoms with E-state index in [0.717, 1.165) is 6.07 Å². The van der Waals surface area contributed by atoms with Gasteiger partial charge in [-0.1, -0.05) is 41.4 Å². The maximum absolute atomic E-state index is 15.3. The summed E-state index contributed by atoms with van der Waals surface area (Å²) < 4.78 is 30.4. The van der Waals surface area contributed by atoms with E-state index in [1.54, 1.807) is 0 Å². The highest BCUT2D eigenvalue weighted by molar-refractivity contribution is 6.31. The summed E-state index contributed by atoms with van der Waals surface area (Å²) in [7, 11) is 0. The molecule has 0 unspecified atom stereocenters. The van der Waals surface area contributed by atoms with Crippen LogP contribution in [0.25, 0.3) is 0 Å². The van der Waals surface area contributed by atoms with E-state index in [1.807, 2.05) is 0 Å². The van der Waals surface area contributed by atoms with Crippen LogP contribution in [0.2, 0.25) is 10.0 Å². The predicted octanol–water partition coefficient (Wildman–Crippen LogP) is 4.40. The molecule has 1 aliphatic heterocycles. The van der Waals surface area contributed by atoms with Crippen molar-refractivity contribution in [2.75, 3.05) is 6.61 Å². The highest BCUT2D eigenvalue weighted by Crippen LogP contribution is 2.57. The first kappa shape index (κ1) is 22.9. The van der Waals surface area contributed by atoms with Gasteiger partial charge in [-0.2, -0.15) is 5.26 Å². The lowest BCUT2D eigenvalue weighted by Gasteiger charge is -2.36. The fourth-order valence-corrected chi connectivity index (χ4v) is 5.31. The van der Waals surface area contributed by atoms with Gasteiger partial charge in [0.2, 0.25) is 0 Å². The van der Waals surface area contributed by atoms with Crippen LogP contribution >= 0.6 is 23.2 Å². The van der Waals surface area contributed by atoms with Crippen molar-refractivity contribution in [2.24, 2.45) is 5.41 Å². The van der Waals surface area contributed by atoms with Crippen molar-refractivity contribution in [1.29, 1.82) is 5.26 Å². The van der Waals surface area contributed by atoms with Gasteiger partial charge in [-0.25, -0.2) is 8.78 Å². The molecule has 0 spiro atoms. The summed E-state index contributed by atoms with van der Waals surface area (Å²) in [6.07, 6.45) is 1.61. The monoisotopic (exact) mass is 480 g/mol. The van der Waals surface area contributed by atoms with Crippen LogP contribution < -0.4 is 5.32 Å². The normalized spacial score (nSPS) is 28.3. The van der Waals surface area contributed by atoms with E-state index in [-0.39, 0.29) is 34.2 Å². The maximum Gasteiger partial charge on any atom is 0.321 e. The van der Waals surface area contributed by atoms with Gasteiger partial charge in [0.1, 0.15) is 23.1 Å². The fraction of sp³-hybridized carbons (Fsp3) is 0.391. The van der Waals surface area contributed by atoms with Gasteiger partial charge in [-0.05, 0) is 48.4 Å². The lowest BCUT2D eigenvalue weighted by molar-refractivity contribution is -0.139. The van der Waals surface area contributed by atoms with Gasteiger partial charge < -0.3 is 10.2 Å². The molecule has 4 atom stereocenters. The number of carbonyl (C=O) groups is 1. The Labute approximate surface area is 193 Å². The van der Waals surface area contributed by atoms with E-state index in [2.05, 4.69) is 11.4 Å². The van der Waals surface area contributed by atoms with Crippen LogP contribution in [0.3, 0.4) is 0 Å². The van der Waals surface area contributed by atoms with Crippen molar-refractivity contribution < 1.29 is 23.8 Å². The number of aliphatic hydroxyl groups excluding tert-OH is 1. The molecule has 0 bridgehead atoms. The average Bonchev–Trinajstić information content (AvgIpc) is 3.45. The zero-order chi connectivity index (χ0) is 23.3.